The average molecular weight is 367 g/mol. The number of aromatic nitrogens is 2. The highest BCUT2D eigenvalue weighted by Crippen LogP contribution is 2.22. The molecule has 0 spiro atoms. The van der Waals surface area contributed by atoms with E-state index in [2.05, 4.69) is 20.9 Å². The minimum Gasteiger partial charge on any atom is -0.327 e. The van der Waals surface area contributed by atoms with Crippen LogP contribution in [0.1, 0.15) is 5.56 Å². The van der Waals surface area contributed by atoms with E-state index in [1.54, 1.807) is 16.8 Å². The van der Waals surface area contributed by atoms with Gasteiger partial charge in [-0.15, -0.1) is 0 Å². The van der Waals surface area contributed by atoms with E-state index in [0.29, 0.717) is 28.0 Å². The summed E-state index contributed by atoms with van der Waals surface area (Å²) < 4.78 is 42.5. The van der Waals surface area contributed by atoms with Crippen molar-refractivity contribution in [2.24, 2.45) is 0 Å². The van der Waals surface area contributed by atoms with E-state index in [1.165, 1.54) is 30.5 Å². The lowest BCUT2D eigenvalue weighted by molar-refractivity contribution is 0.583. The molecule has 0 aliphatic rings. The van der Waals surface area contributed by atoms with E-state index in [1.807, 2.05) is 0 Å². The summed E-state index contributed by atoms with van der Waals surface area (Å²) in [5.74, 6) is -1.28. The molecule has 2 aromatic carbocycles. The lowest BCUT2D eigenvalue weighted by Gasteiger charge is -2.09. The first-order valence-electron chi connectivity index (χ1n) is 6.44. The van der Waals surface area contributed by atoms with Crippen molar-refractivity contribution in [2.45, 2.75) is 6.54 Å². The van der Waals surface area contributed by atoms with E-state index in [0.717, 1.165) is 6.07 Å². The van der Waals surface area contributed by atoms with E-state index in [4.69, 9.17) is 0 Å². The van der Waals surface area contributed by atoms with Crippen molar-refractivity contribution in [3.05, 3.63) is 76.3 Å². The summed E-state index contributed by atoms with van der Waals surface area (Å²) in [7, 11) is 0. The van der Waals surface area contributed by atoms with E-state index in [-0.39, 0.29) is 5.82 Å². The zero-order chi connectivity index (χ0) is 15.7. The number of hydrogen-bond donors (Lipinski definition) is 0. The molecule has 0 aliphatic heterocycles. The van der Waals surface area contributed by atoms with Gasteiger partial charge in [-0.3, -0.25) is 0 Å². The summed E-state index contributed by atoms with van der Waals surface area (Å²) in [5, 5.41) is 0. The SMILES string of the molecule is Fc1cc(Br)cc(Cn2ccnc2-c2cc(F)cc(F)c2)c1. The zero-order valence-corrected chi connectivity index (χ0v) is 12.8. The molecule has 0 amide bonds. The maximum absolute atomic E-state index is 13.4. The zero-order valence-electron chi connectivity index (χ0n) is 11.2. The van der Waals surface area contributed by atoms with Gasteiger partial charge in [-0.2, -0.15) is 0 Å². The van der Waals surface area contributed by atoms with Crippen LogP contribution in [-0.4, -0.2) is 9.55 Å². The molecule has 0 aliphatic carbocycles. The standard InChI is InChI=1S/C16H10BrF3N2/c17-12-3-10(4-13(18)7-12)9-22-2-1-21-16(22)11-5-14(19)8-15(20)6-11/h1-8H,9H2. The molecule has 0 saturated heterocycles. The van der Waals surface area contributed by atoms with Gasteiger partial charge in [0.25, 0.3) is 0 Å². The summed E-state index contributed by atoms with van der Waals surface area (Å²) in [5.41, 5.74) is 1.04. The molecule has 0 fully saturated rings. The van der Waals surface area contributed by atoms with Crippen LogP contribution in [0.5, 0.6) is 0 Å². The van der Waals surface area contributed by atoms with Crippen LogP contribution in [0.25, 0.3) is 11.4 Å². The Morgan fingerprint density at radius 2 is 1.59 bits per heavy atom. The Balaban J connectivity index is 1.98. The van der Waals surface area contributed by atoms with Gasteiger partial charge in [0.1, 0.15) is 23.3 Å². The van der Waals surface area contributed by atoms with Gasteiger partial charge in [-0.25, -0.2) is 18.2 Å². The fourth-order valence-corrected chi connectivity index (χ4v) is 2.79. The van der Waals surface area contributed by atoms with Crippen LogP contribution in [0.15, 0.2) is 53.3 Å². The molecule has 0 bridgehead atoms. The monoisotopic (exact) mass is 366 g/mol. The summed E-state index contributed by atoms with van der Waals surface area (Å²) in [6, 6.07) is 7.77. The van der Waals surface area contributed by atoms with Crippen LogP contribution in [0, 0.1) is 17.5 Å². The molecule has 0 unspecified atom stereocenters. The molecule has 3 rings (SSSR count). The second-order valence-corrected chi connectivity index (χ2v) is 5.73. The molecule has 0 atom stereocenters. The third-order valence-electron chi connectivity index (χ3n) is 3.11. The number of nitrogens with zero attached hydrogens (tertiary/aromatic N) is 2. The molecule has 1 aromatic heterocycles. The van der Waals surface area contributed by atoms with Crippen molar-refractivity contribution >= 4 is 15.9 Å². The molecular formula is C16H10BrF3N2. The molecule has 3 aromatic rings. The largest absolute Gasteiger partial charge is 0.327 e. The van der Waals surface area contributed by atoms with Crippen LogP contribution < -0.4 is 0 Å². The third kappa shape index (κ3) is 3.22. The third-order valence-corrected chi connectivity index (χ3v) is 3.57. The Kier molecular flexibility index (Phi) is 4.02. The molecular weight excluding hydrogens is 357 g/mol. The average Bonchev–Trinajstić information content (AvgIpc) is 2.84. The molecule has 0 N–H and O–H groups in total. The first-order chi connectivity index (χ1) is 10.5. The number of hydrogen-bond acceptors (Lipinski definition) is 1. The first kappa shape index (κ1) is 14.8. The Hall–Kier alpha value is -2.08. The van der Waals surface area contributed by atoms with Crippen molar-refractivity contribution in [2.75, 3.05) is 0 Å². The fourth-order valence-electron chi connectivity index (χ4n) is 2.28. The second-order valence-electron chi connectivity index (χ2n) is 4.81. The van der Waals surface area contributed by atoms with Crippen LogP contribution in [-0.2, 0) is 6.54 Å². The van der Waals surface area contributed by atoms with E-state index in [9.17, 15) is 13.2 Å². The summed E-state index contributed by atoms with van der Waals surface area (Å²) in [4.78, 5) is 4.13. The molecule has 6 heteroatoms. The Morgan fingerprint density at radius 3 is 2.27 bits per heavy atom. The van der Waals surface area contributed by atoms with Crippen LogP contribution in [0.4, 0.5) is 13.2 Å². The number of halogens is 4. The maximum Gasteiger partial charge on any atom is 0.140 e. The Labute approximate surface area is 133 Å². The van der Waals surface area contributed by atoms with Crippen LogP contribution >= 0.6 is 15.9 Å². The minimum absolute atomic E-state index is 0.331. The molecule has 22 heavy (non-hydrogen) atoms. The van der Waals surface area contributed by atoms with Gasteiger partial charge in [0.2, 0.25) is 0 Å². The number of rotatable bonds is 3. The summed E-state index contributed by atoms with van der Waals surface area (Å²) in [6.07, 6.45) is 3.21. The van der Waals surface area contributed by atoms with Crippen molar-refractivity contribution in [1.29, 1.82) is 0 Å². The van der Waals surface area contributed by atoms with Gasteiger partial charge in [0.15, 0.2) is 0 Å². The predicted molar refractivity (Wildman–Crippen MR) is 80.8 cm³/mol. The molecule has 2 nitrogen and oxygen atoms in total. The normalized spacial score (nSPS) is 10.9. The van der Waals surface area contributed by atoms with Crippen LogP contribution in [0.3, 0.4) is 0 Å². The predicted octanol–water partition coefficient (Wildman–Crippen LogP) is 4.78. The van der Waals surface area contributed by atoms with Gasteiger partial charge < -0.3 is 4.57 Å². The van der Waals surface area contributed by atoms with Crippen molar-refractivity contribution < 1.29 is 13.2 Å². The second kappa shape index (κ2) is 5.96. The Morgan fingerprint density at radius 1 is 0.909 bits per heavy atom. The highest BCUT2D eigenvalue weighted by molar-refractivity contribution is 9.10. The van der Waals surface area contributed by atoms with Gasteiger partial charge in [-0.05, 0) is 35.9 Å². The fraction of sp³-hybridized carbons (Fsp3) is 0.0625. The van der Waals surface area contributed by atoms with Crippen molar-refractivity contribution in [3.8, 4) is 11.4 Å². The van der Waals surface area contributed by atoms with Crippen molar-refractivity contribution in [1.82, 2.24) is 9.55 Å². The summed E-state index contributed by atoms with van der Waals surface area (Å²) in [6.45, 7) is 0.337. The molecule has 112 valence electrons. The van der Waals surface area contributed by atoms with Gasteiger partial charge >= 0.3 is 0 Å². The molecule has 0 saturated carbocycles. The van der Waals surface area contributed by atoms with Crippen LogP contribution in [0.2, 0.25) is 0 Å². The topological polar surface area (TPSA) is 17.8 Å². The van der Waals surface area contributed by atoms with Gasteiger partial charge in [0.05, 0.1) is 0 Å². The van der Waals surface area contributed by atoms with Crippen molar-refractivity contribution in [3.63, 3.8) is 0 Å². The van der Waals surface area contributed by atoms with E-state index < -0.39 is 11.6 Å². The van der Waals surface area contributed by atoms with E-state index >= 15 is 0 Å². The highest BCUT2D eigenvalue weighted by atomic mass is 79.9. The Bertz CT molecular complexity index is 790. The summed E-state index contributed by atoms with van der Waals surface area (Å²) >= 11 is 3.24. The lowest BCUT2D eigenvalue weighted by atomic mass is 10.2. The molecule has 0 radical (unpaired) electrons. The highest BCUT2D eigenvalue weighted by Gasteiger charge is 2.10. The van der Waals surface area contributed by atoms with Gasteiger partial charge in [-0.1, -0.05) is 15.9 Å². The smallest absolute Gasteiger partial charge is 0.140 e. The lowest BCUT2D eigenvalue weighted by Crippen LogP contribution is -2.02. The first-order valence-corrected chi connectivity index (χ1v) is 7.23. The quantitative estimate of drug-likeness (QED) is 0.652. The maximum atomic E-state index is 13.4. The van der Waals surface area contributed by atoms with Gasteiger partial charge in [0, 0.05) is 35.0 Å². The minimum atomic E-state index is -0.668. The number of imidazole rings is 1. The molecule has 1 heterocycles. The number of benzene rings is 2.